The Hall–Kier alpha value is -2.63. The first kappa shape index (κ1) is 24.0. The predicted molar refractivity (Wildman–Crippen MR) is 119 cm³/mol. The van der Waals surface area contributed by atoms with Crippen molar-refractivity contribution < 1.29 is 22.5 Å². The molecule has 2 aromatic rings. The van der Waals surface area contributed by atoms with Crippen LogP contribution in [-0.4, -0.2) is 67.5 Å². The molecule has 3 amide bonds. The Balaban J connectivity index is 1.59. The fourth-order valence-electron chi connectivity index (χ4n) is 3.58. The van der Waals surface area contributed by atoms with Crippen molar-refractivity contribution in [3.8, 4) is 0 Å². The lowest BCUT2D eigenvalue weighted by Crippen LogP contribution is -2.48. The molecule has 2 heterocycles. The van der Waals surface area contributed by atoms with Crippen molar-refractivity contribution in [2.24, 2.45) is 0 Å². The lowest BCUT2D eigenvalue weighted by molar-refractivity contribution is -0.132. The Labute approximate surface area is 191 Å². The molecule has 0 radical (unpaired) electrons. The Kier molecular flexibility index (Phi) is 7.42. The number of anilines is 1. The minimum atomic E-state index is -3.97. The normalized spacial score (nSPS) is 15.9. The summed E-state index contributed by atoms with van der Waals surface area (Å²) in [6.07, 6.45) is 0.568. The molecular weight excluding hydrogens is 458 g/mol. The quantitative estimate of drug-likeness (QED) is 0.672. The third-order valence-electron chi connectivity index (χ3n) is 5.11. The van der Waals surface area contributed by atoms with E-state index in [0.29, 0.717) is 43.3 Å². The van der Waals surface area contributed by atoms with Crippen LogP contribution in [0.15, 0.2) is 33.7 Å². The predicted octanol–water partition coefficient (Wildman–Crippen LogP) is 2.38. The van der Waals surface area contributed by atoms with Gasteiger partial charge in [0, 0.05) is 36.9 Å². The summed E-state index contributed by atoms with van der Waals surface area (Å²) >= 11 is 5.95. The molecule has 12 heteroatoms. The van der Waals surface area contributed by atoms with E-state index in [2.05, 4.69) is 15.2 Å². The van der Waals surface area contributed by atoms with Crippen LogP contribution >= 0.6 is 11.6 Å². The molecule has 0 bridgehead atoms. The zero-order valence-electron chi connectivity index (χ0n) is 18.1. The van der Waals surface area contributed by atoms with Crippen LogP contribution in [0.4, 0.5) is 10.5 Å². The van der Waals surface area contributed by atoms with E-state index in [1.54, 1.807) is 34.1 Å². The maximum atomic E-state index is 12.9. The maximum Gasteiger partial charge on any atom is 0.321 e. The van der Waals surface area contributed by atoms with Gasteiger partial charge >= 0.3 is 6.03 Å². The maximum absolute atomic E-state index is 12.9. The third kappa shape index (κ3) is 5.59. The van der Waals surface area contributed by atoms with Gasteiger partial charge in [0.15, 0.2) is 5.76 Å². The van der Waals surface area contributed by atoms with Crippen molar-refractivity contribution in [2.75, 3.05) is 31.5 Å². The second kappa shape index (κ2) is 9.88. The summed E-state index contributed by atoms with van der Waals surface area (Å²) in [5, 5.41) is 6.97. The van der Waals surface area contributed by atoms with E-state index in [0.717, 1.165) is 0 Å². The van der Waals surface area contributed by atoms with Crippen LogP contribution in [0.2, 0.25) is 5.02 Å². The number of nitrogens with one attached hydrogen (secondary N) is 2. The van der Waals surface area contributed by atoms with E-state index in [9.17, 15) is 18.0 Å². The molecular formula is C20H26ClN5O5S. The van der Waals surface area contributed by atoms with Crippen molar-refractivity contribution in [1.82, 2.24) is 19.7 Å². The Morgan fingerprint density at radius 2 is 1.84 bits per heavy atom. The van der Waals surface area contributed by atoms with Gasteiger partial charge in [0.25, 0.3) is 0 Å². The number of urea groups is 1. The second-order valence-corrected chi connectivity index (χ2v) is 9.69. The lowest BCUT2D eigenvalue weighted by Gasteiger charge is -2.25. The van der Waals surface area contributed by atoms with Gasteiger partial charge in [-0.25, -0.2) is 13.2 Å². The molecule has 1 saturated heterocycles. The monoisotopic (exact) mass is 483 g/mol. The van der Waals surface area contributed by atoms with E-state index in [4.69, 9.17) is 16.1 Å². The summed E-state index contributed by atoms with van der Waals surface area (Å²) in [6, 6.07) is 5.58. The van der Waals surface area contributed by atoms with Crippen molar-refractivity contribution in [1.29, 1.82) is 0 Å². The molecule has 2 N–H and O–H groups in total. The van der Waals surface area contributed by atoms with Crippen molar-refractivity contribution in [3.63, 3.8) is 0 Å². The Morgan fingerprint density at radius 1 is 1.16 bits per heavy atom. The number of carbonyl (C=O) groups is 2. The minimum Gasteiger partial charge on any atom is -0.360 e. The van der Waals surface area contributed by atoms with E-state index in [-0.39, 0.29) is 28.3 Å². The number of halogens is 1. The first-order valence-electron chi connectivity index (χ1n) is 10.1. The average Bonchev–Trinajstić information content (AvgIpc) is 2.91. The zero-order chi connectivity index (χ0) is 23.5. The summed E-state index contributed by atoms with van der Waals surface area (Å²) in [6.45, 7) is 6.01. The number of amides is 3. The molecule has 1 aliphatic heterocycles. The van der Waals surface area contributed by atoms with Crippen molar-refractivity contribution >= 4 is 39.2 Å². The third-order valence-corrected chi connectivity index (χ3v) is 7.13. The molecule has 32 heavy (non-hydrogen) atoms. The first-order valence-corrected chi connectivity index (χ1v) is 12.0. The average molecular weight is 484 g/mol. The highest BCUT2D eigenvalue weighted by molar-refractivity contribution is 7.89. The molecule has 174 valence electrons. The second-order valence-electron chi connectivity index (χ2n) is 7.60. The van der Waals surface area contributed by atoms with Gasteiger partial charge in [-0.1, -0.05) is 22.8 Å². The van der Waals surface area contributed by atoms with Gasteiger partial charge in [-0.15, -0.1) is 0 Å². The molecule has 10 nitrogen and oxygen atoms in total. The van der Waals surface area contributed by atoms with E-state index in [1.807, 2.05) is 0 Å². The fraction of sp³-hybridized carbons (Fsp3) is 0.450. The highest BCUT2D eigenvalue weighted by Crippen LogP contribution is 2.19. The number of aryl methyl sites for hydroxylation is 2. The van der Waals surface area contributed by atoms with E-state index in [1.165, 1.54) is 20.8 Å². The van der Waals surface area contributed by atoms with Crippen LogP contribution in [0, 0.1) is 13.8 Å². The van der Waals surface area contributed by atoms with Crippen LogP contribution in [0.25, 0.3) is 0 Å². The molecule has 0 unspecified atom stereocenters. The van der Waals surface area contributed by atoms with E-state index >= 15 is 0 Å². The van der Waals surface area contributed by atoms with Crippen molar-refractivity contribution in [2.45, 2.75) is 38.1 Å². The molecule has 1 aliphatic rings. The zero-order valence-corrected chi connectivity index (χ0v) is 19.7. The molecule has 0 spiro atoms. The highest BCUT2D eigenvalue weighted by Gasteiger charge is 2.31. The van der Waals surface area contributed by atoms with Gasteiger partial charge in [0.2, 0.25) is 15.9 Å². The molecule has 1 fully saturated rings. The lowest BCUT2D eigenvalue weighted by atomic mass is 10.3. The topological polar surface area (TPSA) is 125 Å². The Morgan fingerprint density at radius 3 is 2.50 bits per heavy atom. The van der Waals surface area contributed by atoms with E-state index < -0.39 is 16.1 Å². The molecule has 1 aromatic carbocycles. The molecule has 3 rings (SSSR count). The smallest absolute Gasteiger partial charge is 0.321 e. The highest BCUT2D eigenvalue weighted by atomic mass is 35.5. The van der Waals surface area contributed by atoms with Crippen LogP contribution < -0.4 is 10.0 Å². The van der Waals surface area contributed by atoms with Gasteiger partial charge in [-0.05, 0) is 45.4 Å². The number of benzene rings is 1. The number of hydrogen-bond acceptors (Lipinski definition) is 6. The largest absolute Gasteiger partial charge is 0.360 e. The van der Waals surface area contributed by atoms with Crippen LogP contribution in [0.3, 0.4) is 0 Å². The number of sulfonamides is 1. The fourth-order valence-corrected chi connectivity index (χ4v) is 5.30. The van der Waals surface area contributed by atoms with Gasteiger partial charge in [-0.2, -0.15) is 4.72 Å². The number of nitrogens with zero attached hydrogens (tertiary/aromatic N) is 3. The Bertz CT molecular complexity index is 1080. The van der Waals surface area contributed by atoms with Gasteiger partial charge in [0.05, 0.1) is 6.04 Å². The molecule has 1 atom stereocenters. The first-order chi connectivity index (χ1) is 15.1. The molecule has 1 aromatic heterocycles. The summed E-state index contributed by atoms with van der Waals surface area (Å²) in [5.74, 6) is -0.205. The summed E-state index contributed by atoms with van der Waals surface area (Å²) in [4.78, 5) is 28.6. The number of carbonyl (C=O) groups excluding carboxylic acids is 2. The summed E-state index contributed by atoms with van der Waals surface area (Å²) in [5.41, 5.74) is 0.813. The standard InChI is InChI=1S/C20H26ClN5O5S/c1-13-18(15(3)31-23-13)32(29,30)24-14(2)19(27)25-8-5-9-26(11-10-25)20(28)22-17-7-4-6-16(21)12-17/h4,6-7,12,14,24H,5,8-11H2,1-3H3,(H,22,28)/t14-/m0/s1. The minimum absolute atomic E-state index is 0.0584. The van der Waals surface area contributed by atoms with Crippen LogP contribution in [-0.2, 0) is 14.8 Å². The van der Waals surface area contributed by atoms with Crippen LogP contribution in [0.5, 0.6) is 0 Å². The SMILES string of the molecule is Cc1noc(C)c1S(=O)(=O)N[C@@H](C)C(=O)N1CCCN(C(=O)Nc2cccc(Cl)c2)CC1. The summed E-state index contributed by atoms with van der Waals surface area (Å²) < 4.78 is 32.7. The number of rotatable bonds is 5. The summed E-state index contributed by atoms with van der Waals surface area (Å²) in [7, 11) is -3.97. The molecule has 0 saturated carbocycles. The molecule has 0 aliphatic carbocycles. The van der Waals surface area contributed by atoms with Crippen LogP contribution in [0.1, 0.15) is 24.8 Å². The number of hydrogen-bond donors (Lipinski definition) is 2. The van der Waals surface area contributed by atoms with Crippen molar-refractivity contribution in [3.05, 3.63) is 40.7 Å². The van der Waals surface area contributed by atoms with Gasteiger partial charge in [0.1, 0.15) is 10.6 Å². The van der Waals surface area contributed by atoms with Gasteiger partial charge in [-0.3, -0.25) is 4.79 Å². The number of aromatic nitrogens is 1. The van der Waals surface area contributed by atoms with Gasteiger partial charge < -0.3 is 19.6 Å².